The number of pyridine rings is 1. The molecular weight excluding hydrogens is 471 g/mol. The lowest BCUT2D eigenvalue weighted by molar-refractivity contribution is 0.0487. The highest BCUT2D eigenvalue weighted by atomic mass is 127. The largest absolute Gasteiger partial charge is 0.379 e. The van der Waals surface area contributed by atoms with Crippen LogP contribution in [0.5, 0.6) is 0 Å². The van der Waals surface area contributed by atoms with Gasteiger partial charge in [-0.25, -0.2) is 9.97 Å². The van der Waals surface area contributed by atoms with E-state index in [2.05, 4.69) is 32.5 Å². The zero-order valence-corrected chi connectivity index (χ0v) is 19.0. The molecule has 2 rings (SSSR count). The summed E-state index contributed by atoms with van der Waals surface area (Å²) >= 11 is 0. The van der Waals surface area contributed by atoms with Crippen molar-refractivity contribution in [3.8, 4) is 5.82 Å². The fourth-order valence-corrected chi connectivity index (χ4v) is 2.29. The summed E-state index contributed by atoms with van der Waals surface area (Å²) < 4.78 is 12.9. The fraction of sp³-hybridized carbons (Fsp3) is 0.526. The van der Waals surface area contributed by atoms with Gasteiger partial charge < -0.3 is 20.1 Å². The molecule has 0 aliphatic heterocycles. The van der Waals surface area contributed by atoms with Gasteiger partial charge in [0.25, 0.3) is 0 Å². The van der Waals surface area contributed by atoms with Crippen molar-refractivity contribution in [1.82, 2.24) is 25.2 Å². The molecule has 156 valence electrons. The molecule has 0 saturated heterocycles. The maximum atomic E-state index is 5.53. The normalized spacial score (nSPS) is 11.1. The van der Waals surface area contributed by atoms with Crippen molar-refractivity contribution in [2.75, 3.05) is 40.0 Å². The van der Waals surface area contributed by atoms with E-state index in [0.29, 0.717) is 32.9 Å². The molecule has 8 nitrogen and oxygen atoms in total. The molecule has 2 heterocycles. The van der Waals surface area contributed by atoms with E-state index in [-0.39, 0.29) is 24.0 Å². The Morgan fingerprint density at radius 1 is 1.14 bits per heavy atom. The first kappa shape index (κ1) is 24.3. The summed E-state index contributed by atoms with van der Waals surface area (Å²) in [5.41, 5.74) is 1.07. The maximum absolute atomic E-state index is 5.53. The Kier molecular flexibility index (Phi) is 13.2. The van der Waals surface area contributed by atoms with Gasteiger partial charge in [-0.15, -0.1) is 24.0 Å². The predicted octanol–water partition coefficient (Wildman–Crippen LogP) is 2.38. The average molecular weight is 502 g/mol. The molecular formula is C19H31IN6O2. The molecule has 2 aromatic heterocycles. The molecule has 0 fully saturated rings. The number of rotatable bonds is 12. The van der Waals surface area contributed by atoms with Crippen LogP contribution < -0.4 is 10.6 Å². The van der Waals surface area contributed by atoms with Crippen LogP contribution in [-0.4, -0.2) is 60.5 Å². The Morgan fingerprint density at radius 3 is 2.61 bits per heavy atom. The van der Waals surface area contributed by atoms with Gasteiger partial charge >= 0.3 is 0 Å². The van der Waals surface area contributed by atoms with Gasteiger partial charge in [-0.3, -0.25) is 9.56 Å². The van der Waals surface area contributed by atoms with E-state index in [0.717, 1.165) is 36.8 Å². The molecule has 9 heteroatoms. The molecule has 0 aromatic carbocycles. The van der Waals surface area contributed by atoms with Crippen LogP contribution in [0.25, 0.3) is 5.82 Å². The number of imidazole rings is 1. The van der Waals surface area contributed by atoms with E-state index >= 15 is 0 Å². The minimum atomic E-state index is 0. The van der Waals surface area contributed by atoms with E-state index < -0.39 is 0 Å². The lowest BCUT2D eigenvalue weighted by atomic mass is 10.3. The van der Waals surface area contributed by atoms with E-state index in [1.165, 1.54) is 0 Å². The molecule has 28 heavy (non-hydrogen) atoms. The van der Waals surface area contributed by atoms with Crippen molar-refractivity contribution in [1.29, 1.82) is 0 Å². The van der Waals surface area contributed by atoms with E-state index in [4.69, 9.17) is 9.47 Å². The molecule has 0 bridgehead atoms. The molecule has 0 spiro atoms. The standard InChI is InChI=1S/C19H30N6O2.HI/c1-3-4-10-26-12-13-27-11-8-22-19(20-2)24-15-17-5-6-18(23-14-17)25-9-7-21-16-25;/h5-7,9,14,16H,3-4,8,10-13,15H2,1-2H3,(H2,20,22,24);1H. The van der Waals surface area contributed by atoms with Gasteiger partial charge in [0.1, 0.15) is 12.1 Å². The second-order valence-electron chi connectivity index (χ2n) is 5.93. The molecule has 2 N–H and O–H groups in total. The molecule has 0 amide bonds. The highest BCUT2D eigenvalue weighted by molar-refractivity contribution is 14.0. The number of guanidine groups is 1. The second kappa shape index (κ2) is 15.2. The van der Waals surface area contributed by atoms with Gasteiger partial charge in [-0.2, -0.15) is 0 Å². The Bertz CT molecular complexity index is 649. The van der Waals surface area contributed by atoms with Crippen molar-refractivity contribution in [2.24, 2.45) is 4.99 Å². The van der Waals surface area contributed by atoms with Crippen molar-refractivity contribution >= 4 is 29.9 Å². The van der Waals surface area contributed by atoms with Crippen LogP contribution in [0.2, 0.25) is 0 Å². The van der Waals surface area contributed by atoms with Crippen molar-refractivity contribution in [3.63, 3.8) is 0 Å². The number of aliphatic imine (C=N–C) groups is 1. The Balaban J connectivity index is 0.00000392. The third-order valence-electron chi connectivity index (χ3n) is 3.81. The highest BCUT2D eigenvalue weighted by Crippen LogP contribution is 2.05. The third-order valence-corrected chi connectivity index (χ3v) is 3.81. The highest BCUT2D eigenvalue weighted by Gasteiger charge is 2.01. The molecule has 2 aromatic rings. The van der Waals surface area contributed by atoms with Crippen molar-refractivity contribution < 1.29 is 9.47 Å². The Morgan fingerprint density at radius 2 is 1.96 bits per heavy atom. The molecule has 0 atom stereocenters. The number of nitrogens with one attached hydrogen (secondary N) is 2. The van der Waals surface area contributed by atoms with Crippen LogP contribution in [-0.2, 0) is 16.0 Å². The number of hydrogen-bond donors (Lipinski definition) is 2. The van der Waals surface area contributed by atoms with E-state index in [9.17, 15) is 0 Å². The average Bonchev–Trinajstić information content (AvgIpc) is 3.24. The predicted molar refractivity (Wildman–Crippen MR) is 122 cm³/mol. The topological polar surface area (TPSA) is 85.6 Å². The fourth-order valence-electron chi connectivity index (χ4n) is 2.29. The van der Waals surface area contributed by atoms with Crippen LogP contribution in [0.1, 0.15) is 25.3 Å². The number of ether oxygens (including phenoxy) is 2. The number of halogens is 1. The number of aromatic nitrogens is 3. The van der Waals surface area contributed by atoms with E-state index in [1.54, 1.807) is 19.6 Å². The summed E-state index contributed by atoms with van der Waals surface area (Å²) in [6.07, 6.45) is 9.43. The van der Waals surface area contributed by atoms with Crippen molar-refractivity contribution in [2.45, 2.75) is 26.3 Å². The van der Waals surface area contributed by atoms with Gasteiger partial charge in [-0.1, -0.05) is 19.4 Å². The molecule has 0 unspecified atom stereocenters. The molecule has 0 aliphatic rings. The maximum Gasteiger partial charge on any atom is 0.191 e. The lowest BCUT2D eigenvalue weighted by Crippen LogP contribution is -2.38. The Labute approximate surface area is 184 Å². The van der Waals surface area contributed by atoms with Crippen molar-refractivity contribution in [3.05, 3.63) is 42.6 Å². The lowest BCUT2D eigenvalue weighted by Gasteiger charge is -2.12. The summed E-state index contributed by atoms with van der Waals surface area (Å²) in [7, 11) is 1.75. The van der Waals surface area contributed by atoms with Crippen LogP contribution in [0.15, 0.2) is 42.0 Å². The quantitative estimate of drug-likeness (QED) is 0.201. The summed E-state index contributed by atoms with van der Waals surface area (Å²) in [4.78, 5) is 12.7. The minimum absolute atomic E-state index is 0. The molecule has 0 radical (unpaired) electrons. The first-order chi connectivity index (χ1) is 13.3. The number of unbranched alkanes of at least 4 members (excludes halogenated alkanes) is 1. The van der Waals surface area contributed by atoms with Crippen LogP contribution in [0.4, 0.5) is 0 Å². The summed E-state index contributed by atoms with van der Waals surface area (Å²) in [5.74, 6) is 1.58. The van der Waals surface area contributed by atoms with Gasteiger partial charge in [-0.05, 0) is 18.1 Å². The van der Waals surface area contributed by atoms with Gasteiger partial charge in [0, 0.05) is 45.3 Å². The number of hydrogen-bond acceptors (Lipinski definition) is 5. The zero-order chi connectivity index (χ0) is 19.2. The summed E-state index contributed by atoms with van der Waals surface area (Å²) in [6.45, 7) is 6.17. The van der Waals surface area contributed by atoms with Gasteiger partial charge in [0.2, 0.25) is 0 Å². The summed E-state index contributed by atoms with van der Waals surface area (Å²) in [5, 5.41) is 6.49. The first-order valence-electron chi connectivity index (χ1n) is 9.36. The third kappa shape index (κ3) is 9.47. The van der Waals surface area contributed by atoms with Gasteiger partial charge in [0.15, 0.2) is 5.96 Å². The Hall–Kier alpha value is -1.72. The van der Waals surface area contributed by atoms with E-state index in [1.807, 2.05) is 29.1 Å². The first-order valence-corrected chi connectivity index (χ1v) is 9.36. The number of nitrogens with zero attached hydrogens (tertiary/aromatic N) is 4. The molecule has 0 aliphatic carbocycles. The minimum Gasteiger partial charge on any atom is -0.379 e. The smallest absolute Gasteiger partial charge is 0.191 e. The van der Waals surface area contributed by atoms with Gasteiger partial charge in [0.05, 0.1) is 19.8 Å². The summed E-state index contributed by atoms with van der Waals surface area (Å²) in [6, 6.07) is 4.00. The van der Waals surface area contributed by atoms with Crippen LogP contribution in [0, 0.1) is 0 Å². The monoisotopic (exact) mass is 502 g/mol. The van der Waals surface area contributed by atoms with Crippen LogP contribution >= 0.6 is 24.0 Å². The van der Waals surface area contributed by atoms with Crippen LogP contribution in [0.3, 0.4) is 0 Å². The zero-order valence-electron chi connectivity index (χ0n) is 16.6. The molecule has 0 saturated carbocycles. The second-order valence-corrected chi connectivity index (χ2v) is 5.93. The SMILES string of the molecule is CCCCOCCOCCNC(=NC)NCc1ccc(-n2ccnc2)nc1.I.